The van der Waals surface area contributed by atoms with Crippen molar-refractivity contribution in [1.82, 2.24) is 0 Å². The summed E-state index contributed by atoms with van der Waals surface area (Å²) < 4.78 is 0. The molecule has 2 heteroatoms. The molecule has 0 aromatic carbocycles. The second-order valence-electron chi connectivity index (χ2n) is 1.28. The fraction of sp³-hybridized carbons (Fsp3) is 1.00. The monoisotopic (exact) mass is 92.1 g/mol. The van der Waals surface area contributed by atoms with E-state index in [-0.39, 0.29) is 0 Å². The smallest absolute Gasteiger partial charge is 0.00768 e. The maximum atomic E-state index is 5.16. The molecule has 0 aliphatic carbocycles. The summed E-state index contributed by atoms with van der Waals surface area (Å²) in [6, 6.07) is 0. The Labute approximate surface area is 38.5 Å². The van der Waals surface area contributed by atoms with Gasteiger partial charge in [-0.2, -0.15) is 0 Å². The predicted octanol–water partition coefficient (Wildman–Crippen LogP) is -0.316. The average Bonchev–Trinajstić information content (AvgIpc) is 1.61. The van der Waals surface area contributed by atoms with E-state index in [0.717, 1.165) is 25.9 Å². The van der Waals surface area contributed by atoms with Crippen LogP contribution in [0.1, 0.15) is 12.8 Å². The molecule has 0 heterocycles. The van der Waals surface area contributed by atoms with Gasteiger partial charge < -0.3 is 11.5 Å². The van der Waals surface area contributed by atoms with Gasteiger partial charge in [0.25, 0.3) is 0 Å². The van der Waals surface area contributed by atoms with Crippen LogP contribution in [-0.2, 0) is 0 Å². The Morgan fingerprint density at radius 1 is 0.833 bits per heavy atom. The molecule has 0 unspecified atom stereocenters. The molecule has 0 amide bonds. The lowest BCUT2D eigenvalue weighted by atomic mass is 11.3. The summed E-state index contributed by atoms with van der Waals surface area (Å²) in [5.74, 6) is 0. The molecule has 0 spiro atoms. The van der Waals surface area contributed by atoms with E-state index >= 15 is 0 Å². The Balaban J connectivity index is 2.34. The van der Waals surface area contributed by atoms with Crippen LogP contribution in [0.15, 0.2) is 0 Å². The predicted molar refractivity (Wildman–Crippen MR) is 27.3 cm³/mol. The Morgan fingerprint density at radius 3 is 1.33 bits per heavy atom. The van der Waals surface area contributed by atoms with Gasteiger partial charge in [0.05, 0.1) is 0 Å². The van der Waals surface area contributed by atoms with Crippen molar-refractivity contribution in [3.8, 4) is 0 Å². The van der Waals surface area contributed by atoms with Gasteiger partial charge in [0.15, 0.2) is 0 Å². The van der Waals surface area contributed by atoms with Gasteiger partial charge in [-0.25, -0.2) is 0 Å². The van der Waals surface area contributed by atoms with Crippen LogP contribution in [0.3, 0.4) is 0 Å². The minimum absolute atomic E-state index is 0.775. The zero-order valence-corrected chi connectivity index (χ0v) is 3.98. The van der Waals surface area contributed by atoms with Gasteiger partial charge in [0, 0.05) is 0 Å². The summed E-state index contributed by atoms with van der Waals surface area (Å²) >= 11 is 0. The van der Waals surface area contributed by atoms with Gasteiger partial charge >= 0.3 is 0 Å². The summed E-state index contributed by atoms with van der Waals surface area (Å²) in [7, 11) is 0. The molecular weight excluding hydrogens is 80.0 g/mol. The number of hydrogen-bond donors (Lipinski definition) is 2. The number of nitrogens with two attached hydrogens (primary N) is 2. The zero-order valence-electron chi connectivity index (χ0n) is 3.98. The molecule has 0 aromatic rings. The maximum Gasteiger partial charge on any atom is -0.00768 e. The van der Waals surface area contributed by atoms with Crippen LogP contribution in [0.5, 0.6) is 0 Å². The second kappa shape index (κ2) is 4.92. The zero-order chi connectivity index (χ0) is 4.83. The largest absolute Gasteiger partial charge is 0.330 e. The molecule has 0 bridgehead atoms. The third kappa shape index (κ3) is 3.92. The van der Waals surface area contributed by atoms with Crippen molar-refractivity contribution in [2.24, 2.45) is 11.5 Å². The van der Waals surface area contributed by atoms with Crippen LogP contribution in [0.25, 0.3) is 0 Å². The van der Waals surface area contributed by atoms with E-state index < -0.39 is 0 Å². The summed E-state index contributed by atoms with van der Waals surface area (Å²) in [5.41, 5.74) is 10.3. The van der Waals surface area contributed by atoms with Crippen LogP contribution in [-0.4, -0.2) is 13.1 Å². The lowest BCUT2D eigenvalue weighted by Crippen LogP contribution is -2.03. The van der Waals surface area contributed by atoms with E-state index in [0.29, 0.717) is 0 Å². The summed E-state index contributed by atoms with van der Waals surface area (Å²) in [6.45, 7) is 1.55. The van der Waals surface area contributed by atoms with Crippen molar-refractivity contribution in [2.75, 3.05) is 13.1 Å². The highest BCUT2D eigenvalue weighted by atomic mass is 15.0. The first-order valence-electron chi connectivity index (χ1n) is 2.32. The molecule has 0 aromatic heterocycles. The van der Waals surface area contributed by atoms with E-state index in [1.165, 1.54) is 0 Å². The van der Waals surface area contributed by atoms with Crippen molar-refractivity contribution in [3.05, 3.63) is 0 Å². The molecule has 0 radical (unpaired) electrons. The molecular formula is C4H12N2. The lowest BCUT2D eigenvalue weighted by Gasteiger charge is -1.87. The highest BCUT2D eigenvalue weighted by molar-refractivity contribution is 4.38. The third-order valence-electron chi connectivity index (χ3n) is 0.658. The number of hydrogen-bond acceptors (Lipinski definition) is 2. The van der Waals surface area contributed by atoms with Gasteiger partial charge in [-0.1, -0.05) is 0 Å². The number of unbranched alkanes of at least 4 members (excludes halogenated alkanes) is 1. The summed E-state index contributed by atoms with van der Waals surface area (Å²) in [6.07, 6.45) is 2.13. The fourth-order valence-corrected chi connectivity index (χ4v) is 0.289. The highest BCUT2D eigenvalue weighted by Crippen LogP contribution is 1.77. The Hall–Kier alpha value is -0.0800. The third-order valence-corrected chi connectivity index (χ3v) is 0.658. The normalized spacial score (nSPS) is 9.00. The van der Waals surface area contributed by atoms with E-state index in [1.807, 2.05) is 0 Å². The molecule has 0 fully saturated rings. The van der Waals surface area contributed by atoms with E-state index in [1.54, 1.807) is 0 Å². The van der Waals surface area contributed by atoms with Crippen molar-refractivity contribution in [1.29, 1.82) is 0 Å². The van der Waals surface area contributed by atoms with Gasteiger partial charge in [-0.05, 0) is 25.9 Å². The first kappa shape index (κ1) is 5.92. The minimum Gasteiger partial charge on any atom is -0.330 e. The Morgan fingerprint density at radius 2 is 1.17 bits per heavy atom. The molecule has 2 nitrogen and oxygen atoms in total. The molecule has 38 valence electrons. The van der Waals surface area contributed by atoms with E-state index in [9.17, 15) is 0 Å². The van der Waals surface area contributed by atoms with Gasteiger partial charge in [-0.15, -0.1) is 0 Å². The fourth-order valence-electron chi connectivity index (χ4n) is 0.289. The molecule has 0 aliphatic rings. The second-order valence-corrected chi connectivity index (χ2v) is 1.28. The van der Waals surface area contributed by atoms with Crippen LogP contribution in [0.2, 0.25) is 0 Å². The maximum absolute atomic E-state index is 5.16. The number of rotatable bonds is 3. The molecule has 6 heavy (non-hydrogen) atoms. The summed E-state index contributed by atoms with van der Waals surface area (Å²) in [4.78, 5) is 0. The Kier molecular flexibility index (Phi) is 4.85. The molecule has 0 saturated carbocycles. The van der Waals surface area contributed by atoms with Crippen LogP contribution in [0, 0.1) is 0 Å². The van der Waals surface area contributed by atoms with Crippen molar-refractivity contribution in [3.63, 3.8) is 0 Å². The van der Waals surface area contributed by atoms with Crippen molar-refractivity contribution < 1.29 is 0 Å². The minimum atomic E-state index is 0.775. The molecule has 0 atom stereocenters. The molecule has 0 rings (SSSR count). The molecule has 0 aliphatic heterocycles. The van der Waals surface area contributed by atoms with Gasteiger partial charge in [0.1, 0.15) is 0 Å². The lowest BCUT2D eigenvalue weighted by molar-refractivity contribution is 0.755. The first-order valence-corrected chi connectivity index (χ1v) is 2.32. The van der Waals surface area contributed by atoms with Gasteiger partial charge in [0.2, 0.25) is 0 Å². The van der Waals surface area contributed by atoms with E-state index in [2.05, 4.69) is 0 Å². The van der Waals surface area contributed by atoms with Crippen molar-refractivity contribution in [2.45, 2.75) is 12.8 Å². The Bertz CT molecular complexity index is 17.5. The average molecular weight is 92.1 g/mol. The van der Waals surface area contributed by atoms with Gasteiger partial charge in [-0.3, -0.25) is 0 Å². The van der Waals surface area contributed by atoms with Crippen LogP contribution in [0.4, 0.5) is 0 Å². The van der Waals surface area contributed by atoms with Crippen LogP contribution >= 0.6 is 0 Å². The first-order chi connectivity index (χ1) is 2.91. The SMILES string of the molecule is N[13CH2][13CH2][13CH2][13CH2]N. The highest BCUT2D eigenvalue weighted by Gasteiger charge is 1.75. The summed E-state index contributed by atoms with van der Waals surface area (Å²) in [5, 5.41) is 0. The standard InChI is InChI=1S/C4H12N2/c5-3-1-2-4-6/h1-6H2/i1+1,2+1,3+1,4+1. The van der Waals surface area contributed by atoms with E-state index in [4.69, 9.17) is 11.5 Å². The van der Waals surface area contributed by atoms with Crippen LogP contribution < -0.4 is 11.5 Å². The topological polar surface area (TPSA) is 52.0 Å². The quantitative estimate of drug-likeness (QED) is 0.370. The molecule has 4 N–H and O–H groups in total. The van der Waals surface area contributed by atoms with Crippen molar-refractivity contribution >= 4 is 0 Å². The molecule has 0 saturated heterocycles.